The zero-order valence-corrected chi connectivity index (χ0v) is 15.6. The van der Waals surface area contributed by atoms with E-state index in [2.05, 4.69) is 42.7 Å². The lowest BCUT2D eigenvalue weighted by molar-refractivity contribution is 0.408. The minimum Gasteiger partial charge on any atom is -0.495 e. The van der Waals surface area contributed by atoms with Crippen LogP contribution in [-0.4, -0.2) is 54.0 Å². The molecule has 0 saturated carbocycles. The Labute approximate surface area is 154 Å². The van der Waals surface area contributed by atoms with Crippen molar-refractivity contribution >= 4 is 11.6 Å². The number of rotatable bonds is 5. The zero-order chi connectivity index (χ0) is 18.4. The summed E-state index contributed by atoms with van der Waals surface area (Å²) >= 11 is 0. The highest BCUT2D eigenvalue weighted by Gasteiger charge is 2.22. The Balaban J connectivity index is 1.59. The number of aliphatic imine (C=N–C) groups is 1. The highest BCUT2D eigenvalue weighted by atomic mass is 16.5. The first-order chi connectivity index (χ1) is 12.7. The summed E-state index contributed by atoms with van der Waals surface area (Å²) in [6.07, 6.45) is 3.78. The van der Waals surface area contributed by atoms with Crippen LogP contribution in [0.5, 0.6) is 5.75 Å². The van der Waals surface area contributed by atoms with Gasteiger partial charge in [-0.2, -0.15) is 5.10 Å². The van der Waals surface area contributed by atoms with E-state index in [1.165, 1.54) is 0 Å². The Bertz CT molecular complexity index is 743. The van der Waals surface area contributed by atoms with Crippen LogP contribution in [0.25, 0.3) is 0 Å². The van der Waals surface area contributed by atoms with Crippen LogP contribution in [0.2, 0.25) is 0 Å². The van der Waals surface area contributed by atoms with Crippen molar-refractivity contribution in [3.05, 3.63) is 36.4 Å². The molecule has 1 atom stereocenters. The number of nitrogens with zero attached hydrogens (tertiary/aromatic N) is 5. The minimum atomic E-state index is 0.319. The Hall–Kier alpha value is -2.77. The molecule has 26 heavy (non-hydrogen) atoms. The van der Waals surface area contributed by atoms with Crippen molar-refractivity contribution in [1.29, 1.82) is 0 Å². The Morgan fingerprint density at radius 3 is 2.96 bits per heavy atom. The van der Waals surface area contributed by atoms with Crippen LogP contribution >= 0.6 is 0 Å². The van der Waals surface area contributed by atoms with Gasteiger partial charge in [0.25, 0.3) is 0 Å². The topological polar surface area (TPSA) is 79.6 Å². The van der Waals surface area contributed by atoms with Crippen molar-refractivity contribution in [3.63, 3.8) is 0 Å². The fourth-order valence-electron chi connectivity index (χ4n) is 3.24. The van der Waals surface area contributed by atoms with Gasteiger partial charge < -0.3 is 20.3 Å². The number of para-hydroxylation sites is 2. The number of hydrogen-bond donors (Lipinski definition) is 2. The van der Waals surface area contributed by atoms with Gasteiger partial charge in [0.1, 0.15) is 17.9 Å². The van der Waals surface area contributed by atoms with Crippen LogP contribution in [0.3, 0.4) is 0 Å². The summed E-state index contributed by atoms with van der Waals surface area (Å²) in [5.74, 6) is 2.56. The van der Waals surface area contributed by atoms with Gasteiger partial charge in [0.05, 0.1) is 19.3 Å². The highest BCUT2D eigenvalue weighted by molar-refractivity contribution is 5.80. The molecular formula is C18H27N7O. The average molecular weight is 357 g/mol. The number of nitrogens with one attached hydrogen (secondary N) is 2. The molecule has 0 aliphatic carbocycles. The van der Waals surface area contributed by atoms with Crippen LogP contribution in [0.4, 0.5) is 5.69 Å². The summed E-state index contributed by atoms with van der Waals surface area (Å²) in [6.45, 7) is 2.52. The maximum atomic E-state index is 5.51. The molecular weight excluding hydrogens is 330 g/mol. The quantitative estimate of drug-likeness (QED) is 0.617. The monoisotopic (exact) mass is 357 g/mol. The molecule has 1 aliphatic rings. The second kappa shape index (κ2) is 8.55. The second-order valence-corrected chi connectivity index (χ2v) is 6.33. The molecule has 2 aromatic rings. The maximum Gasteiger partial charge on any atom is 0.191 e. The van der Waals surface area contributed by atoms with Gasteiger partial charge >= 0.3 is 0 Å². The van der Waals surface area contributed by atoms with Gasteiger partial charge in [-0.25, -0.2) is 4.98 Å². The van der Waals surface area contributed by atoms with E-state index in [1.54, 1.807) is 25.2 Å². The molecule has 0 spiro atoms. The Morgan fingerprint density at radius 1 is 1.38 bits per heavy atom. The van der Waals surface area contributed by atoms with Gasteiger partial charge in [0.2, 0.25) is 0 Å². The van der Waals surface area contributed by atoms with Crippen LogP contribution in [-0.2, 0) is 13.6 Å². The molecule has 8 heteroatoms. The SMILES string of the molecule is CN=C(NCc1ncnn1C)NC1CCCN(c2ccccc2OC)C1. The van der Waals surface area contributed by atoms with Crippen LogP contribution in [0.15, 0.2) is 35.6 Å². The van der Waals surface area contributed by atoms with E-state index < -0.39 is 0 Å². The van der Waals surface area contributed by atoms with Gasteiger partial charge in [-0.1, -0.05) is 12.1 Å². The largest absolute Gasteiger partial charge is 0.495 e. The molecule has 0 amide bonds. The third-order valence-electron chi connectivity index (χ3n) is 4.63. The van der Waals surface area contributed by atoms with Crippen LogP contribution in [0.1, 0.15) is 18.7 Å². The zero-order valence-electron chi connectivity index (χ0n) is 15.6. The van der Waals surface area contributed by atoms with Crippen LogP contribution < -0.4 is 20.3 Å². The fourth-order valence-corrected chi connectivity index (χ4v) is 3.24. The summed E-state index contributed by atoms with van der Waals surface area (Å²) in [4.78, 5) is 10.9. The van der Waals surface area contributed by atoms with E-state index in [9.17, 15) is 0 Å². The van der Waals surface area contributed by atoms with E-state index >= 15 is 0 Å². The van der Waals surface area contributed by atoms with Gasteiger partial charge in [0.15, 0.2) is 5.96 Å². The number of ether oxygens (including phenoxy) is 1. The molecule has 1 unspecified atom stereocenters. The standard InChI is InChI=1S/C18H27N7O/c1-19-18(20-11-17-21-13-22-24(17)2)23-14-7-6-10-25(12-14)15-8-4-5-9-16(15)26-3/h4-5,8-9,13-14H,6-7,10-12H2,1-3H3,(H2,19,20,23). The number of guanidine groups is 1. The van der Waals surface area contributed by atoms with E-state index in [0.29, 0.717) is 12.6 Å². The van der Waals surface area contributed by atoms with Crippen molar-refractivity contribution in [3.8, 4) is 5.75 Å². The number of anilines is 1. The smallest absolute Gasteiger partial charge is 0.191 e. The number of aryl methyl sites for hydroxylation is 1. The number of hydrogen-bond acceptors (Lipinski definition) is 5. The Kier molecular flexibility index (Phi) is 5.93. The van der Waals surface area contributed by atoms with E-state index in [4.69, 9.17) is 4.74 Å². The number of aromatic nitrogens is 3. The molecule has 1 saturated heterocycles. The molecule has 3 rings (SSSR count). The number of methoxy groups -OCH3 is 1. The first-order valence-corrected chi connectivity index (χ1v) is 8.89. The Morgan fingerprint density at radius 2 is 2.23 bits per heavy atom. The highest BCUT2D eigenvalue weighted by Crippen LogP contribution is 2.29. The third-order valence-corrected chi connectivity index (χ3v) is 4.63. The molecule has 0 radical (unpaired) electrons. The normalized spacial score (nSPS) is 17.9. The van der Waals surface area contributed by atoms with Crippen molar-refractivity contribution in [2.45, 2.75) is 25.4 Å². The lowest BCUT2D eigenvalue weighted by atomic mass is 10.0. The summed E-state index contributed by atoms with van der Waals surface area (Å²) in [6, 6.07) is 8.49. The van der Waals surface area contributed by atoms with E-state index in [0.717, 1.165) is 49.2 Å². The number of benzene rings is 1. The lowest BCUT2D eigenvalue weighted by Gasteiger charge is -2.36. The van der Waals surface area contributed by atoms with Crippen molar-refractivity contribution < 1.29 is 4.74 Å². The van der Waals surface area contributed by atoms with E-state index in [-0.39, 0.29) is 0 Å². The molecule has 1 aromatic carbocycles. The van der Waals surface area contributed by atoms with Crippen LogP contribution in [0, 0.1) is 0 Å². The molecule has 2 N–H and O–H groups in total. The average Bonchev–Trinajstić information content (AvgIpc) is 3.10. The van der Waals surface area contributed by atoms with Crippen molar-refractivity contribution in [1.82, 2.24) is 25.4 Å². The van der Waals surface area contributed by atoms with Crippen molar-refractivity contribution in [2.24, 2.45) is 12.0 Å². The first-order valence-electron chi connectivity index (χ1n) is 8.89. The molecule has 2 heterocycles. The predicted octanol–water partition coefficient (Wildman–Crippen LogP) is 1.16. The molecule has 1 fully saturated rings. The minimum absolute atomic E-state index is 0.319. The maximum absolute atomic E-state index is 5.51. The molecule has 140 valence electrons. The molecule has 0 bridgehead atoms. The summed E-state index contributed by atoms with van der Waals surface area (Å²) in [5, 5.41) is 10.9. The van der Waals surface area contributed by atoms with Gasteiger partial charge in [0, 0.05) is 33.2 Å². The van der Waals surface area contributed by atoms with Gasteiger partial charge in [-0.15, -0.1) is 0 Å². The molecule has 8 nitrogen and oxygen atoms in total. The summed E-state index contributed by atoms with van der Waals surface area (Å²) < 4.78 is 7.27. The first kappa shape index (κ1) is 18.0. The van der Waals surface area contributed by atoms with Crippen molar-refractivity contribution in [2.75, 3.05) is 32.1 Å². The lowest BCUT2D eigenvalue weighted by Crippen LogP contribution is -2.51. The summed E-state index contributed by atoms with van der Waals surface area (Å²) in [7, 11) is 5.38. The van der Waals surface area contributed by atoms with E-state index in [1.807, 2.05) is 19.2 Å². The molecule has 1 aliphatic heterocycles. The third kappa shape index (κ3) is 4.25. The summed E-state index contributed by atoms with van der Waals surface area (Å²) in [5.41, 5.74) is 1.14. The molecule has 1 aromatic heterocycles. The second-order valence-electron chi connectivity index (χ2n) is 6.33. The fraction of sp³-hybridized carbons (Fsp3) is 0.500. The predicted molar refractivity (Wildman–Crippen MR) is 103 cm³/mol. The van der Waals surface area contributed by atoms with Gasteiger partial charge in [-0.05, 0) is 25.0 Å². The van der Waals surface area contributed by atoms with Gasteiger partial charge in [-0.3, -0.25) is 9.67 Å². The number of piperidine rings is 1.